The molecule has 0 atom stereocenters. The van der Waals surface area contributed by atoms with E-state index in [0.717, 1.165) is 11.1 Å². The first-order chi connectivity index (χ1) is 9.61. The quantitative estimate of drug-likeness (QED) is 0.830. The smallest absolute Gasteiger partial charge is 0.137 e. The van der Waals surface area contributed by atoms with E-state index < -0.39 is 0 Å². The number of aliphatic hydroxyl groups is 1. The third kappa shape index (κ3) is 3.35. The molecule has 0 amide bonds. The second kappa shape index (κ2) is 6.50. The number of thiocarbonyl (C=S) groups is 1. The van der Waals surface area contributed by atoms with E-state index >= 15 is 0 Å². The van der Waals surface area contributed by atoms with E-state index in [-0.39, 0.29) is 6.61 Å². The molecule has 4 heteroatoms. The lowest BCUT2D eigenvalue weighted by molar-refractivity contribution is 0.298. The predicted octanol–water partition coefficient (Wildman–Crippen LogP) is 2.96. The fourth-order valence-corrected chi connectivity index (χ4v) is 2.14. The van der Waals surface area contributed by atoms with Gasteiger partial charge in [0, 0.05) is 6.61 Å². The Morgan fingerprint density at radius 3 is 2.65 bits per heavy atom. The van der Waals surface area contributed by atoms with Gasteiger partial charge in [-0.1, -0.05) is 36.5 Å². The van der Waals surface area contributed by atoms with E-state index in [1.54, 1.807) is 0 Å². The Balaban J connectivity index is 2.39. The van der Waals surface area contributed by atoms with Crippen molar-refractivity contribution in [3.63, 3.8) is 0 Å². The van der Waals surface area contributed by atoms with Crippen molar-refractivity contribution in [3.8, 4) is 11.5 Å². The fraction of sp³-hybridized carbons (Fsp3) is 0.188. The molecular formula is C16H17NO2S. The molecular weight excluding hydrogens is 270 g/mol. The molecule has 2 rings (SSSR count). The first-order valence-electron chi connectivity index (χ1n) is 6.39. The molecule has 0 heterocycles. The minimum atomic E-state index is 0.0797. The molecule has 0 aliphatic carbocycles. The van der Waals surface area contributed by atoms with Crippen LogP contribution in [0.1, 0.15) is 16.7 Å². The van der Waals surface area contributed by atoms with Gasteiger partial charge in [-0.15, -0.1) is 0 Å². The van der Waals surface area contributed by atoms with Gasteiger partial charge < -0.3 is 15.6 Å². The number of nitrogens with two attached hydrogens (primary N) is 1. The van der Waals surface area contributed by atoms with Gasteiger partial charge in [0.15, 0.2) is 0 Å². The summed E-state index contributed by atoms with van der Waals surface area (Å²) in [5, 5.41) is 9.10. The molecule has 0 radical (unpaired) electrons. The Bertz CT molecular complexity index is 626. The Labute approximate surface area is 124 Å². The van der Waals surface area contributed by atoms with Crippen LogP contribution in [-0.4, -0.2) is 16.7 Å². The molecule has 3 N–H and O–H groups in total. The number of aliphatic hydroxyl groups excluding tert-OH is 1. The highest BCUT2D eigenvalue weighted by Gasteiger charge is 2.10. The number of hydrogen-bond acceptors (Lipinski definition) is 3. The van der Waals surface area contributed by atoms with Crippen molar-refractivity contribution in [2.24, 2.45) is 5.73 Å². The molecule has 0 aliphatic heterocycles. The van der Waals surface area contributed by atoms with Crippen LogP contribution in [0.25, 0.3) is 0 Å². The summed E-state index contributed by atoms with van der Waals surface area (Å²) in [5.74, 6) is 1.35. The normalized spacial score (nSPS) is 10.3. The van der Waals surface area contributed by atoms with Crippen LogP contribution >= 0.6 is 12.2 Å². The second-order valence-electron chi connectivity index (χ2n) is 4.55. The van der Waals surface area contributed by atoms with Gasteiger partial charge in [-0.25, -0.2) is 0 Å². The van der Waals surface area contributed by atoms with Crippen molar-refractivity contribution in [2.45, 2.75) is 13.3 Å². The van der Waals surface area contributed by atoms with E-state index in [4.69, 9.17) is 27.8 Å². The third-order valence-corrected chi connectivity index (χ3v) is 3.20. The van der Waals surface area contributed by atoms with E-state index in [1.165, 1.54) is 0 Å². The molecule has 0 fully saturated rings. The monoisotopic (exact) mass is 287 g/mol. The number of aryl methyl sites for hydroxylation is 1. The minimum Gasteiger partial charge on any atom is -0.456 e. The van der Waals surface area contributed by atoms with Gasteiger partial charge >= 0.3 is 0 Å². The molecule has 20 heavy (non-hydrogen) atoms. The maximum Gasteiger partial charge on any atom is 0.137 e. The lowest BCUT2D eigenvalue weighted by Crippen LogP contribution is -2.11. The maximum atomic E-state index is 9.10. The Morgan fingerprint density at radius 1 is 1.20 bits per heavy atom. The van der Waals surface area contributed by atoms with Gasteiger partial charge in [0.25, 0.3) is 0 Å². The van der Waals surface area contributed by atoms with Crippen molar-refractivity contribution >= 4 is 17.2 Å². The summed E-state index contributed by atoms with van der Waals surface area (Å²) in [6, 6.07) is 13.3. The van der Waals surface area contributed by atoms with Crippen LogP contribution in [0.15, 0.2) is 42.5 Å². The molecule has 2 aromatic rings. The summed E-state index contributed by atoms with van der Waals surface area (Å²) in [7, 11) is 0. The van der Waals surface area contributed by atoms with Crippen LogP contribution in [0.5, 0.6) is 11.5 Å². The minimum absolute atomic E-state index is 0.0797. The van der Waals surface area contributed by atoms with E-state index in [2.05, 4.69) is 0 Å². The molecule has 104 valence electrons. The fourth-order valence-electron chi connectivity index (χ4n) is 1.97. The molecule has 0 spiro atoms. The van der Waals surface area contributed by atoms with Gasteiger partial charge in [0.2, 0.25) is 0 Å². The summed E-state index contributed by atoms with van der Waals surface area (Å²) in [6.45, 7) is 2.06. The summed E-state index contributed by atoms with van der Waals surface area (Å²) < 4.78 is 5.96. The average Bonchev–Trinajstić information content (AvgIpc) is 2.41. The topological polar surface area (TPSA) is 55.5 Å². The first-order valence-corrected chi connectivity index (χ1v) is 6.79. The van der Waals surface area contributed by atoms with Crippen molar-refractivity contribution in [1.82, 2.24) is 0 Å². The Kier molecular flexibility index (Phi) is 4.71. The number of para-hydroxylation sites is 1. The van der Waals surface area contributed by atoms with Crippen molar-refractivity contribution in [1.29, 1.82) is 0 Å². The average molecular weight is 287 g/mol. The van der Waals surface area contributed by atoms with Gasteiger partial charge in [0.05, 0.1) is 5.56 Å². The molecule has 0 unspecified atom stereocenters. The first kappa shape index (κ1) is 14.5. The highest BCUT2D eigenvalue weighted by atomic mass is 32.1. The lowest BCUT2D eigenvalue weighted by Gasteiger charge is -2.14. The van der Waals surface area contributed by atoms with Crippen LogP contribution in [-0.2, 0) is 6.42 Å². The zero-order chi connectivity index (χ0) is 14.5. The summed E-state index contributed by atoms with van der Waals surface area (Å²) in [5.41, 5.74) is 8.46. The molecule has 0 aromatic heterocycles. The Morgan fingerprint density at radius 2 is 1.95 bits per heavy atom. The Hall–Kier alpha value is -1.91. The van der Waals surface area contributed by atoms with Crippen LogP contribution in [0.4, 0.5) is 0 Å². The van der Waals surface area contributed by atoms with E-state index in [1.807, 2.05) is 49.4 Å². The highest BCUT2D eigenvalue weighted by molar-refractivity contribution is 7.80. The molecule has 0 saturated heterocycles. The van der Waals surface area contributed by atoms with Gasteiger partial charge in [-0.3, -0.25) is 0 Å². The second-order valence-corrected chi connectivity index (χ2v) is 4.99. The lowest BCUT2D eigenvalue weighted by atomic mass is 10.1. The van der Waals surface area contributed by atoms with Crippen molar-refractivity contribution in [3.05, 3.63) is 59.2 Å². The maximum absolute atomic E-state index is 9.10. The zero-order valence-corrected chi connectivity index (χ0v) is 12.1. The number of rotatable bonds is 5. The van der Waals surface area contributed by atoms with Gasteiger partial charge in [-0.05, 0) is 42.7 Å². The number of hydrogen-bond donors (Lipinski definition) is 2. The predicted molar refractivity (Wildman–Crippen MR) is 84.4 cm³/mol. The SMILES string of the molecule is Cc1ccc(C(N)=S)c(Oc2ccccc2CCO)c1. The molecule has 2 aromatic carbocycles. The van der Waals surface area contributed by atoms with Crippen LogP contribution in [0.3, 0.4) is 0 Å². The number of benzene rings is 2. The van der Waals surface area contributed by atoms with E-state index in [0.29, 0.717) is 28.5 Å². The molecule has 0 bridgehead atoms. The molecule has 3 nitrogen and oxygen atoms in total. The summed E-state index contributed by atoms with van der Waals surface area (Å²) in [4.78, 5) is 0.305. The van der Waals surface area contributed by atoms with Crippen LogP contribution in [0, 0.1) is 6.92 Å². The third-order valence-electron chi connectivity index (χ3n) is 2.98. The van der Waals surface area contributed by atoms with E-state index in [9.17, 15) is 0 Å². The summed E-state index contributed by atoms with van der Waals surface area (Å²) in [6.07, 6.45) is 0.546. The van der Waals surface area contributed by atoms with Crippen LogP contribution < -0.4 is 10.5 Å². The largest absolute Gasteiger partial charge is 0.456 e. The van der Waals surface area contributed by atoms with Crippen molar-refractivity contribution in [2.75, 3.05) is 6.61 Å². The highest BCUT2D eigenvalue weighted by Crippen LogP contribution is 2.29. The summed E-state index contributed by atoms with van der Waals surface area (Å²) >= 11 is 5.05. The van der Waals surface area contributed by atoms with Crippen molar-refractivity contribution < 1.29 is 9.84 Å². The van der Waals surface area contributed by atoms with Gasteiger partial charge in [0.1, 0.15) is 16.5 Å². The zero-order valence-electron chi connectivity index (χ0n) is 11.3. The van der Waals surface area contributed by atoms with Crippen LogP contribution in [0.2, 0.25) is 0 Å². The number of ether oxygens (including phenoxy) is 1. The molecule has 0 aliphatic rings. The molecule has 0 saturated carbocycles. The van der Waals surface area contributed by atoms with Gasteiger partial charge in [-0.2, -0.15) is 0 Å². The standard InChI is InChI=1S/C16H17NO2S/c1-11-6-7-13(16(17)20)15(10-11)19-14-5-3-2-4-12(14)8-9-18/h2-7,10,18H,8-9H2,1H3,(H2,17,20).